The molecule has 96 valence electrons. The van der Waals surface area contributed by atoms with Crippen LogP contribution in [0.5, 0.6) is 0 Å². The van der Waals surface area contributed by atoms with Crippen LogP contribution in [-0.2, 0) is 6.54 Å². The number of aromatic nitrogens is 4. The second-order valence-corrected chi connectivity index (χ2v) is 4.36. The monoisotopic (exact) mass is 269 g/mol. The molecule has 18 heavy (non-hydrogen) atoms. The molecule has 0 saturated carbocycles. The van der Waals surface area contributed by atoms with Crippen molar-refractivity contribution in [3.63, 3.8) is 0 Å². The van der Waals surface area contributed by atoms with Crippen molar-refractivity contribution >= 4 is 11.6 Å². The van der Waals surface area contributed by atoms with Crippen molar-refractivity contribution in [1.29, 1.82) is 0 Å². The van der Waals surface area contributed by atoms with Crippen molar-refractivity contribution in [2.75, 3.05) is 7.05 Å². The van der Waals surface area contributed by atoms with Gasteiger partial charge in [-0.05, 0) is 42.1 Å². The molecule has 1 aromatic heterocycles. The summed E-state index contributed by atoms with van der Waals surface area (Å²) in [6.07, 6.45) is 0. The fourth-order valence-electron chi connectivity index (χ4n) is 1.57. The van der Waals surface area contributed by atoms with E-state index in [9.17, 15) is 4.39 Å². The molecule has 0 saturated heterocycles. The predicted octanol–water partition coefficient (Wildman–Crippen LogP) is 1.79. The molecule has 0 aliphatic heterocycles. The van der Waals surface area contributed by atoms with E-state index in [4.69, 9.17) is 11.6 Å². The molecule has 0 aliphatic rings. The second kappa shape index (κ2) is 5.41. The lowest BCUT2D eigenvalue weighted by atomic mass is 10.2. The van der Waals surface area contributed by atoms with Gasteiger partial charge in [0.1, 0.15) is 5.82 Å². The topological polar surface area (TPSA) is 55.6 Å². The minimum Gasteiger partial charge on any atom is -0.311 e. The molecule has 1 atom stereocenters. The maximum Gasteiger partial charge on any atom is 0.168 e. The lowest BCUT2D eigenvalue weighted by Gasteiger charge is -2.10. The summed E-state index contributed by atoms with van der Waals surface area (Å²) in [4.78, 5) is 0. The quantitative estimate of drug-likeness (QED) is 0.919. The number of nitrogens with one attached hydrogen (secondary N) is 1. The summed E-state index contributed by atoms with van der Waals surface area (Å²) in [6.45, 7) is 2.41. The van der Waals surface area contributed by atoms with Gasteiger partial charge in [0.25, 0.3) is 0 Å². The summed E-state index contributed by atoms with van der Waals surface area (Å²) in [7, 11) is 1.83. The molecule has 1 heterocycles. The van der Waals surface area contributed by atoms with E-state index >= 15 is 0 Å². The van der Waals surface area contributed by atoms with Crippen molar-refractivity contribution in [2.24, 2.45) is 0 Å². The molecule has 1 unspecified atom stereocenters. The van der Waals surface area contributed by atoms with E-state index in [1.54, 1.807) is 16.8 Å². The number of halogens is 2. The van der Waals surface area contributed by atoms with Gasteiger partial charge in [-0.3, -0.25) is 0 Å². The first-order chi connectivity index (χ1) is 8.61. The zero-order chi connectivity index (χ0) is 13.1. The molecule has 1 aromatic carbocycles. The Labute approximate surface area is 109 Å². The fourth-order valence-corrected chi connectivity index (χ4v) is 1.78. The van der Waals surface area contributed by atoms with Crippen LogP contribution in [0.4, 0.5) is 4.39 Å². The Kier molecular flexibility index (Phi) is 3.88. The van der Waals surface area contributed by atoms with Crippen molar-refractivity contribution in [3.8, 4) is 0 Å². The standard InChI is InChI=1S/C11H13ClFN5/c1-7(14-2)11-15-16-17-18(11)6-8-3-4-10(13)9(12)5-8/h3-5,7,14H,6H2,1-2H3. The average molecular weight is 270 g/mol. The highest BCUT2D eigenvalue weighted by Gasteiger charge is 2.13. The Balaban J connectivity index is 2.23. The van der Waals surface area contributed by atoms with Gasteiger partial charge >= 0.3 is 0 Å². The van der Waals surface area contributed by atoms with E-state index in [0.29, 0.717) is 6.54 Å². The van der Waals surface area contributed by atoms with Crippen LogP contribution in [0.25, 0.3) is 0 Å². The molecular formula is C11H13ClFN5. The van der Waals surface area contributed by atoms with Crippen LogP contribution in [0.3, 0.4) is 0 Å². The molecule has 0 spiro atoms. The summed E-state index contributed by atoms with van der Waals surface area (Å²) >= 11 is 5.74. The molecule has 7 heteroatoms. The Morgan fingerprint density at radius 2 is 2.28 bits per heavy atom. The van der Waals surface area contributed by atoms with Gasteiger partial charge in [-0.1, -0.05) is 17.7 Å². The first-order valence-electron chi connectivity index (χ1n) is 5.49. The Morgan fingerprint density at radius 3 is 2.94 bits per heavy atom. The van der Waals surface area contributed by atoms with Crippen molar-refractivity contribution < 1.29 is 4.39 Å². The van der Waals surface area contributed by atoms with Crippen molar-refractivity contribution in [2.45, 2.75) is 19.5 Å². The summed E-state index contributed by atoms with van der Waals surface area (Å²) in [5, 5.41) is 14.7. The predicted molar refractivity (Wildman–Crippen MR) is 65.8 cm³/mol. The highest BCUT2D eigenvalue weighted by Crippen LogP contribution is 2.17. The molecule has 0 aliphatic carbocycles. The summed E-state index contributed by atoms with van der Waals surface area (Å²) < 4.78 is 14.7. The smallest absolute Gasteiger partial charge is 0.168 e. The van der Waals surface area contributed by atoms with Crippen LogP contribution < -0.4 is 5.32 Å². The van der Waals surface area contributed by atoms with Gasteiger partial charge in [-0.15, -0.1) is 5.10 Å². The first kappa shape index (κ1) is 12.9. The van der Waals surface area contributed by atoms with Crippen molar-refractivity contribution in [3.05, 3.63) is 40.4 Å². The zero-order valence-electron chi connectivity index (χ0n) is 10.1. The molecule has 0 radical (unpaired) electrons. The molecule has 0 bridgehead atoms. The van der Waals surface area contributed by atoms with Crippen LogP contribution in [0.1, 0.15) is 24.4 Å². The largest absolute Gasteiger partial charge is 0.311 e. The van der Waals surface area contributed by atoms with Gasteiger partial charge < -0.3 is 5.32 Å². The average Bonchev–Trinajstić information content (AvgIpc) is 2.81. The highest BCUT2D eigenvalue weighted by atomic mass is 35.5. The number of nitrogens with zero attached hydrogens (tertiary/aromatic N) is 4. The molecular weight excluding hydrogens is 257 g/mol. The molecule has 0 amide bonds. The summed E-state index contributed by atoms with van der Waals surface area (Å²) in [5.41, 5.74) is 0.846. The lowest BCUT2D eigenvalue weighted by Crippen LogP contribution is -2.19. The molecule has 5 nitrogen and oxygen atoms in total. The summed E-state index contributed by atoms with van der Waals surface area (Å²) in [6, 6.07) is 4.61. The van der Waals surface area contributed by atoms with Gasteiger partial charge in [-0.2, -0.15) is 0 Å². The number of rotatable bonds is 4. The van der Waals surface area contributed by atoms with Gasteiger partial charge in [0.15, 0.2) is 5.82 Å². The van der Waals surface area contributed by atoms with E-state index in [2.05, 4.69) is 20.8 Å². The van der Waals surface area contributed by atoms with Crippen LogP contribution >= 0.6 is 11.6 Å². The van der Waals surface area contributed by atoms with E-state index in [0.717, 1.165) is 11.4 Å². The van der Waals surface area contributed by atoms with Crippen LogP contribution in [0.2, 0.25) is 5.02 Å². The van der Waals surface area contributed by atoms with E-state index in [1.165, 1.54) is 6.07 Å². The highest BCUT2D eigenvalue weighted by molar-refractivity contribution is 6.30. The van der Waals surface area contributed by atoms with Gasteiger partial charge in [0, 0.05) is 0 Å². The molecule has 2 rings (SSSR count). The second-order valence-electron chi connectivity index (χ2n) is 3.95. The normalized spacial score (nSPS) is 12.7. The van der Waals surface area contributed by atoms with Gasteiger partial charge in [0.2, 0.25) is 0 Å². The van der Waals surface area contributed by atoms with Crippen LogP contribution in [0.15, 0.2) is 18.2 Å². The summed E-state index contributed by atoms with van der Waals surface area (Å²) in [5.74, 6) is 0.291. The SMILES string of the molecule is CNC(C)c1nnnn1Cc1ccc(F)c(Cl)c1. The third-order valence-corrected chi connectivity index (χ3v) is 2.99. The van der Waals surface area contributed by atoms with E-state index in [-0.39, 0.29) is 11.1 Å². The Bertz CT molecular complexity index is 542. The molecule has 0 fully saturated rings. The number of hydrogen-bond acceptors (Lipinski definition) is 4. The maximum atomic E-state index is 13.1. The minimum absolute atomic E-state index is 0.0379. The minimum atomic E-state index is -0.430. The van der Waals surface area contributed by atoms with E-state index < -0.39 is 5.82 Å². The number of hydrogen-bond donors (Lipinski definition) is 1. The number of tetrazole rings is 1. The molecule has 2 aromatic rings. The van der Waals surface area contributed by atoms with E-state index in [1.807, 2.05) is 14.0 Å². The zero-order valence-corrected chi connectivity index (χ0v) is 10.8. The van der Waals surface area contributed by atoms with Crippen LogP contribution in [-0.4, -0.2) is 27.3 Å². The molecule has 1 N–H and O–H groups in total. The lowest BCUT2D eigenvalue weighted by molar-refractivity contribution is 0.539. The number of benzene rings is 1. The van der Waals surface area contributed by atoms with Crippen molar-refractivity contribution in [1.82, 2.24) is 25.5 Å². The Hall–Kier alpha value is -1.53. The van der Waals surface area contributed by atoms with Gasteiger partial charge in [-0.25, -0.2) is 9.07 Å². The third-order valence-electron chi connectivity index (χ3n) is 2.70. The Morgan fingerprint density at radius 1 is 1.50 bits per heavy atom. The van der Waals surface area contributed by atoms with Crippen LogP contribution in [0, 0.1) is 5.82 Å². The first-order valence-corrected chi connectivity index (χ1v) is 5.87. The van der Waals surface area contributed by atoms with Gasteiger partial charge in [0.05, 0.1) is 17.6 Å². The fraction of sp³-hybridized carbons (Fsp3) is 0.364. The maximum absolute atomic E-state index is 13.1. The third kappa shape index (κ3) is 2.65.